The van der Waals surface area contributed by atoms with E-state index in [1.54, 1.807) is 0 Å². The van der Waals surface area contributed by atoms with E-state index in [-0.39, 0.29) is 11.5 Å². The van der Waals surface area contributed by atoms with Crippen molar-refractivity contribution in [3.63, 3.8) is 0 Å². The highest BCUT2D eigenvalue weighted by Gasteiger charge is 2.56. The maximum Gasteiger partial charge on any atom is 0.410 e. The SMILES string of the molecule is CC1CN(C(=O)OC(C)(C)C)CCN1CC1CC1(CO)C(C)C. The normalized spacial score (nSPS) is 32.3. The third kappa shape index (κ3) is 4.18. The van der Waals surface area contributed by atoms with Crippen LogP contribution in [0.15, 0.2) is 0 Å². The zero-order valence-corrected chi connectivity index (χ0v) is 15.6. The van der Waals surface area contributed by atoms with Gasteiger partial charge in [0, 0.05) is 44.2 Å². The number of aliphatic hydroxyl groups excluding tert-OH is 1. The Morgan fingerprint density at radius 1 is 1.35 bits per heavy atom. The highest BCUT2D eigenvalue weighted by molar-refractivity contribution is 5.68. The van der Waals surface area contributed by atoms with Crippen molar-refractivity contribution in [2.24, 2.45) is 17.3 Å². The number of piperazine rings is 1. The van der Waals surface area contributed by atoms with Crippen LogP contribution in [0.2, 0.25) is 0 Å². The number of hydrogen-bond donors (Lipinski definition) is 1. The molecule has 0 aromatic carbocycles. The lowest BCUT2D eigenvalue weighted by molar-refractivity contribution is 0.00397. The Bertz CT molecular complexity index is 432. The van der Waals surface area contributed by atoms with E-state index in [1.165, 1.54) is 0 Å². The number of carbonyl (C=O) groups excluding carboxylic acids is 1. The summed E-state index contributed by atoms with van der Waals surface area (Å²) in [6, 6.07) is 0.334. The van der Waals surface area contributed by atoms with Crippen LogP contribution in [0.3, 0.4) is 0 Å². The molecule has 5 heteroatoms. The highest BCUT2D eigenvalue weighted by atomic mass is 16.6. The van der Waals surface area contributed by atoms with Gasteiger partial charge < -0.3 is 14.7 Å². The quantitative estimate of drug-likeness (QED) is 0.863. The first-order valence-electron chi connectivity index (χ1n) is 8.92. The van der Waals surface area contributed by atoms with Crippen molar-refractivity contribution in [2.75, 3.05) is 32.8 Å². The van der Waals surface area contributed by atoms with Crippen LogP contribution in [0.1, 0.15) is 48.0 Å². The van der Waals surface area contributed by atoms with E-state index < -0.39 is 5.60 Å². The minimum Gasteiger partial charge on any atom is -0.444 e. The van der Waals surface area contributed by atoms with Gasteiger partial charge in [-0.3, -0.25) is 4.90 Å². The van der Waals surface area contributed by atoms with E-state index in [9.17, 15) is 9.90 Å². The maximum atomic E-state index is 12.2. The van der Waals surface area contributed by atoms with Gasteiger partial charge in [0.25, 0.3) is 0 Å². The minimum absolute atomic E-state index is 0.127. The van der Waals surface area contributed by atoms with Gasteiger partial charge in [-0.05, 0) is 46.0 Å². The Balaban J connectivity index is 1.85. The van der Waals surface area contributed by atoms with Crippen LogP contribution in [0, 0.1) is 17.3 Å². The summed E-state index contributed by atoms with van der Waals surface area (Å²) in [5.41, 5.74) is -0.314. The van der Waals surface area contributed by atoms with E-state index >= 15 is 0 Å². The second-order valence-corrected chi connectivity index (χ2v) is 8.72. The van der Waals surface area contributed by atoms with E-state index in [4.69, 9.17) is 4.74 Å². The van der Waals surface area contributed by atoms with Crippen molar-refractivity contribution in [2.45, 2.75) is 59.6 Å². The third-order valence-electron chi connectivity index (χ3n) is 5.60. The number of carbonyl (C=O) groups is 1. The molecule has 2 aliphatic rings. The molecular formula is C18H34N2O3. The monoisotopic (exact) mass is 326 g/mol. The number of rotatable bonds is 4. The predicted molar refractivity (Wildman–Crippen MR) is 91.3 cm³/mol. The van der Waals surface area contributed by atoms with Crippen LogP contribution >= 0.6 is 0 Å². The molecule has 3 atom stereocenters. The highest BCUT2D eigenvalue weighted by Crippen LogP contribution is 2.57. The van der Waals surface area contributed by atoms with Crippen molar-refractivity contribution < 1.29 is 14.6 Å². The topological polar surface area (TPSA) is 53.0 Å². The second-order valence-electron chi connectivity index (χ2n) is 8.72. The van der Waals surface area contributed by atoms with Crippen LogP contribution in [-0.2, 0) is 4.74 Å². The lowest BCUT2D eigenvalue weighted by atomic mass is 9.90. The number of nitrogens with zero attached hydrogens (tertiary/aromatic N) is 2. The average molecular weight is 326 g/mol. The van der Waals surface area contributed by atoms with Gasteiger partial charge in [-0.1, -0.05) is 13.8 Å². The number of ether oxygens (including phenoxy) is 1. The Labute approximate surface area is 141 Å². The Kier molecular flexibility index (Phi) is 5.31. The summed E-state index contributed by atoms with van der Waals surface area (Å²) in [5.74, 6) is 1.11. The Hall–Kier alpha value is -0.810. The molecule has 0 bridgehead atoms. The van der Waals surface area contributed by atoms with E-state index in [0.717, 1.165) is 32.6 Å². The lowest BCUT2D eigenvalue weighted by Gasteiger charge is -2.40. The summed E-state index contributed by atoms with van der Waals surface area (Å²) in [4.78, 5) is 16.5. The Morgan fingerprint density at radius 3 is 2.43 bits per heavy atom. The van der Waals surface area contributed by atoms with Crippen molar-refractivity contribution in [1.82, 2.24) is 9.80 Å². The molecule has 5 nitrogen and oxygen atoms in total. The van der Waals surface area contributed by atoms with Gasteiger partial charge in [0.15, 0.2) is 0 Å². The molecule has 1 aliphatic heterocycles. The van der Waals surface area contributed by atoms with Crippen molar-refractivity contribution in [1.29, 1.82) is 0 Å². The number of hydrogen-bond acceptors (Lipinski definition) is 4. The van der Waals surface area contributed by atoms with E-state index in [2.05, 4.69) is 25.7 Å². The van der Waals surface area contributed by atoms with E-state index in [1.807, 2.05) is 25.7 Å². The zero-order valence-electron chi connectivity index (χ0n) is 15.6. The molecule has 3 unspecified atom stereocenters. The van der Waals surface area contributed by atoms with Crippen LogP contribution in [-0.4, -0.2) is 65.4 Å². The first-order valence-corrected chi connectivity index (χ1v) is 8.92. The van der Waals surface area contributed by atoms with Gasteiger partial charge in [-0.25, -0.2) is 4.79 Å². The van der Waals surface area contributed by atoms with Crippen molar-refractivity contribution in [3.8, 4) is 0 Å². The second kappa shape index (κ2) is 6.60. The summed E-state index contributed by atoms with van der Waals surface area (Å²) in [6.45, 7) is 15.9. The van der Waals surface area contributed by atoms with Gasteiger partial charge in [-0.2, -0.15) is 0 Å². The van der Waals surface area contributed by atoms with Crippen LogP contribution in [0.4, 0.5) is 4.79 Å². The fourth-order valence-corrected chi connectivity index (χ4v) is 3.77. The zero-order chi connectivity index (χ0) is 17.4. The molecule has 0 aromatic heterocycles. The molecule has 0 aromatic rings. The molecule has 1 aliphatic carbocycles. The fraction of sp³-hybridized carbons (Fsp3) is 0.944. The largest absolute Gasteiger partial charge is 0.444 e. The summed E-state index contributed by atoms with van der Waals surface area (Å²) < 4.78 is 5.47. The molecule has 1 N–H and O–H groups in total. The van der Waals surface area contributed by atoms with Crippen molar-refractivity contribution >= 4 is 6.09 Å². The maximum absolute atomic E-state index is 12.2. The molecule has 0 radical (unpaired) electrons. The van der Waals surface area contributed by atoms with E-state index in [0.29, 0.717) is 24.5 Å². The Morgan fingerprint density at radius 2 is 2.00 bits per heavy atom. The van der Waals surface area contributed by atoms with Gasteiger partial charge >= 0.3 is 6.09 Å². The van der Waals surface area contributed by atoms with Gasteiger partial charge in [0.05, 0.1) is 0 Å². The minimum atomic E-state index is -0.441. The molecule has 0 spiro atoms. The summed E-state index contributed by atoms with van der Waals surface area (Å²) in [7, 11) is 0. The first-order chi connectivity index (χ1) is 10.6. The third-order valence-corrected chi connectivity index (χ3v) is 5.60. The van der Waals surface area contributed by atoms with Crippen LogP contribution in [0.25, 0.3) is 0 Å². The van der Waals surface area contributed by atoms with Gasteiger partial charge in [0.2, 0.25) is 0 Å². The molecule has 2 rings (SSSR count). The van der Waals surface area contributed by atoms with Crippen LogP contribution < -0.4 is 0 Å². The molecule has 1 saturated carbocycles. The molecule has 134 valence electrons. The van der Waals surface area contributed by atoms with Crippen molar-refractivity contribution in [3.05, 3.63) is 0 Å². The predicted octanol–water partition coefficient (Wildman–Crippen LogP) is 2.58. The number of amides is 1. The average Bonchev–Trinajstić information content (AvgIpc) is 3.14. The smallest absolute Gasteiger partial charge is 0.410 e. The van der Waals surface area contributed by atoms with Gasteiger partial charge in [-0.15, -0.1) is 0 Å². The fourth-order valence-electron chi connectivity index (χ4n) is 3.77. The lowest BCUT2D eigenvalue weighted by Crippen LogP contribution is -2.55. The standard InChI is InChI=1S/C18H34N2O3/c1-13(2)18(12-21)9-15(18)11-19-7-8-20(10-14(19)3)16(22)23-17(4,5)6/h13-15,21H,7-12H2,1-6H3. The molecule has 23 heavy (non-hydrogen) atoms. The molecule has 1 amide bonds. The van der Waals surface area contributed by atoms with Crippen LogP contribution in [0.5, 0.6) is 0 Å². The van der Waals surface area contributed by atoms with Gasteiger partial charge in [0.1, 0.15) is 5.60 Å². The summed E-state index contributed by atoms with van der Waals surface area (Å²) in [5, 5.41) is 9.73. The molecule has 1 heterocycles. The molecular weight excluding hydrogens is 292 g/mol. The summed E-state index contributed by atoms with van der Waals surface area (Å²) in [6.07, 6.45) is 0.919. The summed E-state index contributed by atoms with van der Waals surface area (Å²) >= 11 is 0. The molecule has 2 fully saturated rings. The number of aliphatic hydroxyl groups is 1. The first kappa shape index (κ1) is 18.5. The molecule has 1 saturated heterocycles.